The second kappa shape index (κ2) is 7.24. The Kier molecular flexibility index (Phi) is 6.26. The Bertz CT molecular complexity index is 153. The quantitative estimate of drug-likeness (QED) is 0.702. The van der Waals surface area contributed by atoms with Crippen LogP contribution in [0.1, 0.15) is 52.9 Å². The van der Waals surface area contributed by atoms with Crippen molar-refractivity contribution in [1.29, 1.82) is 0 Å². The fourth-order valence-electron chi connectivity index (χ4n) is 2.05. The minimum Gasteiger partial charge on any atom is -0.378 e. The highest BCUT2D eigenvalue weighted by atomic mass is 16.5. The van der Waals surface area contributed by atoms with Crippen LogP contribution >= 0.6 is 0 Å². The molecule has 1 heterocycles. The lowest BCUT2D eigenvalue weighted by atomic mass is 10.0. The molecule has 2 nitrogen and oxygen atoms in total. The van der Waals surface area contributed by atoms with Gasteiger partial charge in [-0.3, -0.25) is 0 Å². The molecule has 0 spiro atoms. The summed E-state index contributed by atoms with van der Waals surface area (Å²) in [6.45, 7) is 8.97. The molecule has 1 rings (SSSR count). The summed E-state index contributed by atoms with van der Waals surface area (Å²) < 4.78 is 5.59. The summed E-state index contributed by atoms with van der Waals surface area (Å²) in [6.07, 6.45) is 6.87. The van der Waals surface area contributed by atoms with Crippen molar-refractivity contribution >= 4 is 0 Å². The Labute approximate surface area is 94.8 Å². The zero-order valence-corrected chi connectivity index (χ0v) is 10.6. The fraction of sp³-hybridized carbons (Fsp3) is 1.00. The van der Waals surface area contributed by atoms with Crippen LogP contribution < -0.4 is 5.32 Å². The molecule has 2 heteroatoms. The Morgan fingerprint density at radius 1 is 1.27 bits per heavy atom. The fourth-order valence-corrected chi connectivity index (χ4v) is 2.05. The van der Waals surface area contributed by atoms with Gasteiger partial charge in [0.15, 0.2) is 0 Å². The van der Waals surface area contributed by atoms with Gasteiger partial charge in [0.05, 0.1) is 6.10 Å². The average Bonchev–Trinajstić information content (AvgIpc) is 2.67. The van der Waals surface area contributed by atoms with E-state index in [1.54, 1.807) is 0 Å². The Morgan fingerprint density at radius 3 is 2.67 bits per heavy atom. The molecule has 0 aliphatic carbocycles. The lowest BCUT2D eigenvalue weighted by Gasteiger charge is -2.16. The number of ether oxygens (including phenoxy) is 1. The minimum absolute atomic E-state index is 0.537. The van der Waals surface area contributed by atoms with Crippen LogP contribution in [0.5, 0.6) is 0 Å². The summed E-state index contributed by atoms with van der Waals surface area (Å²) >= 11 is 0. The van der Waals surface area contributed by atoms with E-state index in [9.17, 15) is 0 Å². The maximum absolute atomic E-state index is 5.59. The van der Waals surface area contributed by atoms with Crippen molar-refractivity contribution in [2.75, 3.05) is 13.2 Å². The highest BCUT2D eigenvalue weighted by molar-refractivity contribution is 4.68. The molecule has 1 fully saturated rings. The first-order chi connectivity index (χ1) is 7.18. The van der Waals surface area contributed by atoms with E-state index >= 15 is 0 Å². The summed E-state index contributed by atoms with van der Waals surface area (Å²) in [5.41, 5.74) is 0. The Balaban J connectivity index is 1.93. The Hall–Kier alpha value is -0.0800. The molecule has 0 aromatic carbocycles. The average molecular weight is 213 g/mol. The normalized spacial score (nSPS) is 23.6. The summed E-state index contributed by atoms with van der Waals surface area (Å²) in [7, 11) is 0. The van der Waals surface area contributed by atoms with E-state index in [1.165, 1.54) is 32.1 Å². The van der Waals surface area contributed by atoms with Gasteiger partial charge in [0.2, 0.25) is 0 Å². The molecule has 0 saturated carbocycles. The van der Waals surface area contributed by atoms with Crippen molar-refractivity contribution in [2.24, 2.45) is 5.92 Å². The zero-order valence-electron chi connectivity index (χ0n) is 10.6. The molecule has 0 amide bonds. The number of hydrogen-bond donors (Lipinski definition) is 1. The van der Waals surface area contributed by atoms with E-state index in [0.717, 1.165) is 19.1 Å². The van der Waals surface area contributed by atoms with Gasteiger partial charge >= 0.3 is 0 Å². The molecule has 0 bridgehead atoms. The third-order valence-electron chi connectivity index (χ3n) is 3.16. The topological polar surface area (TPSA) is 21.3 Å². The summed E-state index contributed by atoms with van der Waals surface area (Å²) in [4.78, 5) is 0. The Morgan fingerprint density at radius 2 is 2.07 bits per heavy atom. The van der Waals surface area contributed by atoms with E-state index in [-0.39, 0.29) is 0 Å². The van der Waals surface area contributed by atoms with Crippen LogP contribution in [0, 0.1) is 5.92 Å². The number of nitrogens with one attached hydrogen (secondary N) is 1. The van der Waals surface area contributed by atoms with E-state index in [4.69, 9.17) is 4.74 Å². The van der Waals surface area contributed by atoms with Crippen LogP contribution in [-0.2, 0) is 4.74 Å². The van der Waals surface area contributed by atoms with Crippen molar-refractivity contribution < 1.29 is 4.74 Å². The lowest BCUT2D eigenvalue weighted by molar-refractivity contribution is 0.103. The van der Waals surface area contributed by atoms with Crippen LogP contribution in [0.4, 0.5) is 0 Å². The second-order valence-corrected chi connectivity index (χ2v) is 5.25. The van der Waals surface area contributed by atoms with E-state index in [1.807, 2.05) is 0 Å². The zero-order chi connectivity index (χ0) is 11.1. The maximum atomic E-state index is 5.59. The van der Waals surface area contributed by atoms with Gasteiger partial charge in [-0.1, -0.05) is 13.8 Å². The highest BCUT2D eigenvalue weighted by Gasteiger charge is 2.14. The van der Waals surface area contributed by atoms with Crippen molar-refractivity contribution in [3.8, 4) is 0 Å². The van der Waals surface area contributed by atoms with Gasteiger partial charge in [-0.05, 0) is 51.5 Å². The van der Waals surface area contributed by atoms with Crippen molar-refractivity contribution in [2.45, 2.75) is 65.0 Å². The van der Waals surface area contributed by atoms with Gasteiger partial charge < -0.3 is 10.1 Å². The minimum atomic E-state index is 0.537. The van der Waals surface area contributed by atoms with Crippen LogP contribution in [0.2, 0.25) is 0 Å². The molecule has 1 saturated heterocycles. The smallest absolute Gasteiger partial charge is 0.0588 e. The van der Waals surface area contributed by atoms with Crippen LogP contribution in [-0.4, -0.2) is 25.3 Å². The molecule has 90 valence electrons. The van der Waals surface area contributed by atoms with Gasteiger partial charge in [0.25, 0.3) is 0 Å². The first kappa shape index (κ1) is 13.0. The number of rotatable bonds is 7. The summed E-state index contributed by atoms with van der Waals surface area (Å²) in [6, 6.07) is 0.661. The maximum Gasteiger partial charge on any atom is 0.0588 e. The molecule has 0 aromatic rings. The molecule has 0 aromatic heterocycles. The number of hydrogen-bond acceptors (Lipinski definition) is 2. The summed E-state index contributed by atoms with van der Waals surface area (Å²) in [5, 5.41) is 3.58. The third kappa shape index (κ3) is 6.16. The largest absolute Gasteiger partial charge is 0.378 e. The van der Waals surface area contributed by atoms with Crippen LogP contribution in [0.3, 0.4) is 0 Å². The van der Waals surface area contributed by atoms with Crippen LogP contribution in [0.25, 0.3) is 0 Å². The SMILES string of the molecule is CC(C)CCC(C)NCCC1CCCO1. The first-order valence-corrected chi connectivity index (χ1v) is 6.53. The van der Waals surface area contributed by atoms with Gasteiger partial charge in [-0.15, -0.1) is 0 Å². The van der Waals surface area contributed by atoms with Gasteiger partial charge in [-0.2, -0.15) is 0 Å². The molecule has 2 unspecified atom stereocenters. The van der Waals surface area contributed by atoms with E-state index in [0.29, 0.717) is 12.1 Å². The lowest BCUT2D eigenvalue weighted by Crippen LogP contribution is -2.29. The van der Waals surface area contributed by atoms with Gasteiger partial charge in [-0.25, -0.2) is 0 Å². The third-order valence-corrected chi connectivity index (χ3v) is 3.16. The molecule has 0 radical (unpaired) electrons. The van der Waals surface area contributed by atoms with E-state index < -0.39 is 0 Å². The van der Waals surface area contributed by atoms with E-state index in [2.05, 4.69) is 26.1 Å². The molecule has 1 aliphatic heterocycles. The van der Waals surface area contributed by atoms with Gasteiger partial charge in [0.1, 0.15) is 0 Å². The molecule has 1 aliphatic rings. The predicted octanol–water partition coefficient (Wildman–Crippen LogP) is 2.97. The van der Waals surface area contributed by atoms with Gasteiger partial charge in [0, 0.05) is 12.6 Å². The standard InChI is InChI=1S/C13H27NO/c1-11(2)6-7-12(3)14-9-8-13-5-4-10-15-13/h11-14H,4-10H2,1-3H3. The highest BCUT2D eigenvalue weighted by Crippen LogP contribution is 2.14. The second-order valence-electron chi connectivity index (χ2n) is 5.25. The summed E-state index contributed by atoms with van der Waals surface area (Å²) in [5.74, 6) is 0.826. The monoisotopic (exact) mass is 213 g/mol. The molecular weight excluding hydrogens is 186 g/mol. The molecular formula is C13H27NO. The molecule has 2 atom stereocenters. The molecule has 15 heavy (non-hydrogen) atoms. The van der Waals surface area contributed by atoms with Crippen molar-refractivity contribution in [3.63, 3.8) is 0 Å². The predicted molar refractivity (Wildman–Crippen MR) is 65.1 cm³/mol. The van der Waals surface area contributed by atoms with Crippen molar-refractivity contribution in [3.05, 3.63) is 0 Å². The molecule has 1 N–H and O–H groups in total. The van der Waals surface area contributed by atoms with Crippen molar-refractivity contribution in [1.82, 2.24) is 5.32 Å². The first-order valence-electron chi connectivity index (χ1n) is 6.53. The van der Waals surface area contributed by atoms with Crippen LogP contribution in [0.15, 0.2) is 0 Å².